The first-order valence-corrected chi connectivity index (χ1v) is 3.12. The van der Waals surface area contributed by atoms with Crippen LogP contribution in [0.3, 0.4) is 0 Å². The van der Waals surface area contributed by atoms with Gasteiger partial charge >= 0.3 is 0 Å². The minimum atomic E-state index is -0.691. The topological polar surface area (TPSA) is 0 Å². The Kier molecular flexibility index (Phi) is 1.66. The number of hydrogen-bond acceptors (Lipinski definition) is 0. The van der Waals surface area contributed by atoms with E-state index in [0.717, 1.165) is 24.8 Å². The van der Waals surface area contributed by atoms with Crippen LogP contribution in [0.4, 0.5) is 4.39 Å². The summed E-state index contributed by atoms with van der Waals surface area (Å²) in [6, 6.07) is 0. The molecule has 1 rings (SSSR count). The molecule has 0 nitrogen and oxygen atoms in total. The van der Waals surface area contributed by atoms with Gasteiger partial charge in [0.15, 0.2) is 0 Å². The van der Waals surface area contributed by atoms with Crippen LogP contribution in [0.5, 0.6) is 0 Å². The molecule has 0 aromatic carbocycles. The third-order valence-electron chi connectivity index (χ3n) is 1.65. The smallest absolute Gasteiger partial charge is 0.121 e. The quantitative estimate of drug-likeness (QED) is 0.424. The van der Waals surface area contributed by atoms with Crippen molar-refractivity contribution < 1.29 is 4.39 Å². The standard InChI is InChI=1S/C7H11F/c1-6-4-2-3-5-7(6)8/h7H,1-5H2. The van der Waals surface area contributed by atoms with Crippen LogP contribution in [-0.2, 0) is 0 Å². The molecule has 0 radical (unpaired) electrons. The molecule has 1 saturated carbocycles. The minimum Gasteiger partial charge on any atom is -0.243 e. The molecule has 1 atom stereocenters. The van der Waals surface area contributed by atoms with Crippen molar-refractivity contribution in [2.75, 3.05) is 0 Å². The second kappa shape index (κ2) is 2.29. The highest BCUT2D eigenvalue weighted by atomic mass is 19.1. The largest absolute Gasteiger partial charge is 0.243 e. The molecule has 46 valence electrons. The zero-order valence-corrected chi connectivity index (χ0v) is 4.99. The molecule has 0 aromatic heterocycles. The highest BCUT2D eigenvalue weighted by Crippen LogP contribution is 2.23. The Labute approximate surface area is 49.4 Å². The molecule has 0 N–H and O–H groups in total. The van der Waals surface area contributed by atoms with Gasteiger partial charge < -0.3 is 0 Å². The average molecular weight is 114 g/mol. The van der Waals surface area contributed by atoms with E-state index in [-0.39, 0.29) is 0 Å². The van der Waals surface area contributed by atoms with Gasteiger partial charge in [0, 0.05) is 0 Å². The van der Waals surface area contributed by atoms with Crippen LogP contribution in [0.2, 0.25) is 0 Å². The normalized spacial score (nSPS) is 30.6. The van der Waals surface area contributed by atoms with Crippen molar-refractivity contribution in [3.63, 3.8) is 0 Å². The van der Waals surface area contributed by atoms with Gasteiger partial charge in [0.1, 0.15) is 6.17 Å². The molecule has 1 aliphatic rings. The van der Waals surface area contributed by atoms with Crippen LogP contribution in [-0.4, -0.2) is 6.17 Å². The van der Waals surface area contributed by atoms with Crippen molar-refractivity contribution in [1.29, 1.82) is 0 Å². The number of hydrogen-bond donors (Lipinski definition) is 0. The lowest BCUT2D eigenvalue weighted by Crippen LogP contribution is -2.08. The zero-order chi connectivity index (χ0) is 5.98. The number of alkyl halides is 1. The van der Waals surface area contributed by atoms with Crippen LogP contribution in [0.15, 0.2) is 12.2 Å². The van der Waals surface area contributed by atoms with Crippen molar-refractivity contribution in [3.05, 3.63) is 12.2 Å². The number of rotatable bonds is 0. The maximum Gasteiger partial charge on any atom is 0.121 e. The summed E-state index contributed by atoms with van der Waals surface area (Å²) >= 11 is 0. The lowest BCUT2D eigenvalue weighted by molar-refractivity contribution is 0.318. The van der Waals surface area contributed by atoms with E-state index in [1.165, 1.54) is 0 Å². The van der Waals surface area contributed by atoms with Crippen molar-refractivity contribution in [1.82, 2.24) is 0 Å². The molecule has 0 spiro atoms. The lowest BCUT2D eigenvalue weighted by Gasteiger charge is -2.16. The van der Waals surface area contributed by atoms with Gasteiger partial charge in [-0.25, -0.2) is 4.39 Å². The van der Waals surface area contributed by atoms with Gasteiger partial charge in [0.25, 0.3) is 0 Å². The van der Waals surface area contributed by atoms with Crippen molar-refractivity contribution in [2.45, 2.75) is 31.9 Å². The molecule has 8 heavy (non-hydrogen) atoms. The van der Waals surface area contributed by atoms with E-state index >= 15 is 0 Å². The molecule has 1 fully saturated rings. The van der Waals surface area contributed by atoms with Crippen molar-refractivity contribution >= 4 is 0 Å². The fourth-order valence-corrected chi connectivity index (χ4v) is 1.04. The minimum absolute atomic E-state index is 0.691. The molecule has 0 aromatic rings. The van der Waals surface area contributed by atoms with E-state index in [9.17, 15) is 4.39 Å². The summed E-state index contributed by atoms with van der Waals surface area (Å²) in [4.78, 5) is 0. The highest BCUT2D eigenvalue weighted by Gasteiger charge is 2.14. The summed E-state index contributed by atoms with van der Waals surface area (Å²) in [6.07, 6.45) is 3.10. The summed E-state index contributed by atoms with van der Waals surface area (Å²) in [5, 5.41) is 0. The summed E-state index contributed by atoms with van der Waals surface area (Å²) < 4.78 is 12.5. The van der Waals surface area contributed by atoms with Gasteiger partial charge in [-0.2, -0.15) is 0 Å². The predicted molar refractivity (Wildman–Crippen MR) is 32.5 cm³/mol. The lowest BCUT2D eigenvalue weighted by atomic mass is 9.95. The molecule has 0 aliphatic heterocycles. The third-order valence-corrected chi connectivity index (χ3v) is 1.65. The predicted octanol–water partition coefficient (Wildman–Crippen LogP) is 2.45. The van der Waals surface area contributed by atoms with Gasteiger partial charge in [-0.05, 0) is 31.3 Å². The van der Waals surface area contributed by atoms with E-state index in [0.29, 0.717) is 6.42 Å². The van der Waals surface area contributed by atoms with Crippen LogP contribution < -0.4 is 0 Å². The number of halogens is 1. The van der Waals surface area contributed by atoms with Crippen LogP contribution in [0.1, 0.15) is 25.7 Å². The fraction of sp³-hybridized carbons (Fsp3) is 0.714. The first-order valence-electron chi connectivity index (χ1n) is 3.12. The van der Waals surface area contributed by atoms with Crippen LogP contribution in [0.25, 0.3) is 0 Å². The van der Waals surface area contributed by atoms with Gasteiger partial charge in [-0.15, -0.1) is 0 Å². The molecule has 1 aliphatic carbocycles. The van der Waals surface area contributed by atoms with E-state index in [1.807, 2.05) is 0 Å². The molecule has 0 heterocycles. The van der Waals surface area contributed by atoms with Gasteiger partial charge in [-0.1, -0.05) is 6.58 Å². The van der Waals surface area contributed by atoms with E-state index in [2.05, 4.69) is 6.58 Å². The van der Waals surface area contributed by atoms with E-state index < -0.39 is 6.17 Å². The van der Waals surface area contributed by atoms with Gasteiger partial charge in [0.05, 0.1) is 0 Å². The SMILES string of the molecule is C=C1CCCCC1F. The molecule has 0 saturated heterocycles. The summed E-state index contributed by atoms with van der Waals surface area (Å²) in [5.41, 5.74) is 0.802. The monoisotopic (exact) mass is 114 g/mol. The summed E-state index contributed by atoms with van der Waals surface area (Å²) in [5.74, 6) is 0. The molecule has 1 unspecified atom stereocenters. The Bertz CT molecular complexity index is 96.6. The zero-order valence-electron chi connectivity index (χ0n) is 4.99. The molecule has 0 amide bonds. The van der Waals surface area contributed by atoms with E-state index in [1.54, 1.807) is 0 Å². The Hall–Kier alpha value is -0.330. The molecule has 1 heteroatoms. The van der Waals surface area contributed by atoms with Gasteiger partial charge in [-0.3, -0.25) is 0 Å². The first-order chi connectivity index (χ1) is 3.80. The fourth-order valence-electron chi connectivity index (χ4n) is 1.04. The second-order valence-electron chi connectivity index (χ2n) is 2.37. The highest BCUT2D eigenvalue weighted by molar-refractivity contribution is 5.04. The Morgan fingerprint density at radius 2 is 2.25 bits per heavy atom. The molecule has 0 bridgehead atoms. The first kappa shape index (κ1) is 5.80. The average Bonchev–Trinajstić information content (AvgIpc) is 1.77. The maximum atomic E-state index is 12.5. The number of allylic oxidation sites excluding steroid dienone is 1. The van der Waals surface area contributed by atoms with Gasteiger partial charge in [0.2, 0.25) is 0 Å². The second-order valence-corrected chi connectivity index (χ2v) is 2.37. The summed E-state index contributed by atoms with van der Waals surface area (Å²) in [6.45, 7) is 3.62. The Morgan fingerprint density at radius 1 is 1.50 bits per heavy atom. The van der Waals surface area contributed by atoms with Crippen LogP contribution >= 0.6 is 0 Å². The third kappa shape index (κ3) is 1.09. The van der Waals surface area contributed by atoms with E-state index in [4.69, 9.17) is 0 Å². The van der Waals surface area contributed by atoms with Crippen molar-refractivity contribution in [3.8, 4) is 0 Å². The van der Waals surface area contributed by atoms with Crippen LogP contribution in [0, 0.1) is 0 Å². The molecular weight excluding hydrogens is 103 g/mol. The molecular formula is C7H11F. The Balaban J connectivity index is 2.39. The Morgan fingerprint density at radius 3 is 2.62 bits per heavy atom. The maximum absolute atomic E-state index is 12.5. The van der Waals surface area contributed by atoms with Crippen molar-refractivity contribution in [2.24, 2.45) is 0 Å². The summed E-state index contributed by atoms with van der Waals surface area (Å²) in [7, 11) is 0.